The zero-order valence-electron chi connectivity index (χ0n) is 22.9. The molecule has 8 N–H and O–H groups in total. The summed E-state index contributed by atoms with van der Waals surface area (Å²) < 4.78 is 11.4. The minimum atomic E-state index is -0.571. The highest BCUT2D eigenvalue weighted by atomic mass is 35.5. The number of nitrogens with two attached hydrogens (primary N) is 2. The van der Waals surface area contributed by atoms with Gasteiger partial charge in [0.15, 0.2) is 23.1 Å². The third-order valence-electron chi connectivity index (χ3n) is 5.30. The van der Waals surface area contributed by atoms with Crippen molar-refractivity contribution in [1.29, 1.82) is 0 Å². The molecule has 0 aliphatic carbocycles. The van der Waals surface area contributed by atoms with Crippen LogP contribution in [0.5, 0.6) is 23.0 Å². The van der Waals surface area contributed by atoms with Crippen molar-refractivity contribution in [1.82, 2.24) is 19.9 Å². The predicted octanol–water partition coefficient (Wildman–Crippen LogP) is 3.94. The molecule has 0 amide bonds. The number of ether oxygens (including phenoxy) is 2. The highest BCUT2D eigenvalue weighted by Crippen LogP contribution is 2.32. The number of rotatable bonds is 11. The molecule has 0 unspecified atom stereocenters. The quantitative estimate of drug-likeness (QED) is 0.132. The van der Waals surface area contributed by atoms with Gasteiger partial charge in [0.2, 0.25) is 11.9 Å². The standard InChI is InChI=1S/C14H17ClN4O2.C13H15ClN4O3/c1-14(2,8-20)19-12-11(7-17-13(16)18-12)21-10-5-3-9(15)4-6-10;14-9-1-3-10(4-2-9)21-11-7-16-13(15)17-12(11)18(8-20)5-6-19/h3-7,20H,8H2,1-2H3,(H3,16,17,18,19);1-4,7,19-20H,5-6,8H2,(H2,15,16,17). The van der Waals surface area contributed by atoms with Gasteiger partial charge in [-0.05, 0) is 62.4 Å². The van der Waals surface area contributed by atoms with Gasteiger partial charge in [0.25, 0.3) is 0 Å². The summed E-state index contributed by atoms with van der Waals surface area (Å²) in [7, 11) is 0. The molecule has 0 aliphatic heterocycles. The van der Waals surface area contributed by atoms with Gasteiger partial charge >= 0.3 is 0 Å². The van der Waals surface area contributed by atoms with Gasteiger partial charge in [-0.15, -0.1) is 0 Å². The number of aliphatic hydroxyl groups is 3. The first-order valence-corrected chi connectivity index (χ1v) is 13.3. The van der Waals surface area contributed by atoms with Crippen LogP contribution in [-0.2, 0) is 0 Å². The third kappa shape index (κ3) is 9.75. The Kier molecular flexibility index (Phi) is 11.7. The van der Waals surface area contributed by atoms with Crippen molar-refractivity contribution < 1.29 is 24.8 Å². The minimum absolute atomic E-state index is 0.0462. The lowest BCUT2D eigenvalue weighted by atomic mass is 10.1. The smallest absolute Gasteiger partial charge is 0.222 e. The molecule has 0 saturated heterocycles. The van der Waals surface area contributed by atoms with E-state index in [0.717, 1.165) is 0 Å². The van der Waals surface area contributed by atoms with Gasteiger partial charge in [0.05, 0.1) is 31.1 Å². The van der Waals surface area contributed by atoms with E-state index >= 15 is 0 Å². The van der Waals surface area contributed by atoms with Crippen LogP contribution >= 0.6 is 23.2 Å². The molecule has 2 aromatic carbocycles. The first-order valence-electron chi connectivity index (χ1n) is 12.5. The van der Waals surface area contributed by atoms with Gasteiger partial charge < -0.3 is 46.5 Å². The largest absolute Gasteiger partial charge is 0.452 e. The van der Waals surface area contributed by atoms with E-state index in [4.69, 9.17) is 49.2 Å². The molecule has 0 aliphatic rings. The molecule has 224 valence electrons. The number of hydrogen-bond acceptors (Lipinski definition) is 13. The summed E-state index contributed by atoms with van der Waals surface area (Å²) in [6.45, 7) is 3.29. The highest BCUT2D eigenvalue weighted by Gasteiger charge is 2.20. The van der Waals surface area contributed by atoms with Gasteiger partial charge in [-0.3, -0.25) is 0 Å². The Hall–Kier alpha value is -4.14. The summed E-state index contributed by atoms with van der Waals surface area (Å²) in [4.78, 5) is 17.4. The maximum atomic E-state index is 9.37. The fourth-order valence-electron chi connectivity index (χ4n) is 3.21. The lowest BCUT2D eigenvalue weighted by Crippen LogP contribution is -2.35. The molecular formula is C27H32Cl2N8O5. The zero-order valence-corrected chi connectivity index (χ0v) is 24.4. The summed E-state index contributed by atoms with van der Waals surface area (Å²) in [5.74, 6) is 2.74. The van der Waals surface area contributed by atoms with Crippen LogP contribution in [-0.4, -0.2) is 67.3 Å². The number of nitrogens with zero attached hydrogens (tertiary/aromatic N) is 5. The Balaban J connectivity index is 0.000000230. The van der Waals surface area contributed by atoms with Gasteiger partial charge in [0.1, 0.15) is 18.2 Å². The van der Waals surface area contributed by atoms with Crippen LogP contribution in [0.4, 0.5) is 23.5 Å². The average molecular weight is 620 g/mol. The summed E-state index contributed by atoms with van der Waals surface area (Å²) in [6.07, 6.45) is 2.89. The molecule has 0 bridgehead atoms. The van der Waals surface area contributed by atoms with E-state index in [0.29, 0.717) is 44.7 Å². The van der Waals surface area contributed by atoms with Crippen molar-refractivity contribution in [2.45, 2.75) is 19.4 Å². The summed E-state index contributed by atoms with van der Waals surface area (Å²) in [5, 5.41) is 32.0. The fourth-order valence-corrected chi connectivity index (χ4v) is 3.46. The Morgan fingerprint density at radius 2 is 1.31 bits per heavy atom. The maximum Gasteiger partial charge on any atom is 0.222 e. The highest BCUT2D eigenvalue weighted by molar-refractivity contribution is 6.30. The van der Waals surface area contributed by atoms with Crippen LogP contribution in [0.3, 0.4) is 0 Å². The van der Waals surface area contributed by atoms with Crippen molar-refractivity contribution >= 4 is 46.7 Å². The molecule has 15 heteroatoms. The van der Waals surface area contributed by atoms with Gasteiger partial charge in [-0.25, -0.2) is 9.97 Å². The Bertz CT molecular complexity index is 1430. The molecule has 13 nitrogen and oxygen atoms in total. The SMILES string of the molecule is CC(C)(CO)Nc1nc(N)ncc1Oc1ccc(Cl)cc1.Nc1ncc(Oc2ccc(Cl)cc2)c(N(CO)CCO)n1. The second-order valence-electron chi connectivity index (χ2n) is 9.26. The lowest BCUT2D eigenvalue weighted by molar-refractivity contribution is 0.233. The van der Waals surface area contributed by atoms with E-state index in [1.54, 1.807) is 48.5 Å². The molecule has 2 heterocycles. The first-order chi connectivity index (χ1) is 20.0. The first kappa shape index (κ1) is 32.4. The molecule has 4 rings (SSSR count). The predicted molar refractivity (Wildman–Crippen MR) is 162 cm³/mol. The van der Waals surface area contributed by atoms with Gasteiger partial charge in [-0.2, -0.15) is 9.97 Å². The number of nitrogens with one attached hydrogen (secondary N) is 1. The summed E-state index contributed by atoms with van der Waals surface area (Å²) >= 11 is 11.7. The van der Waals surface area contributed by atoms with Crippen LogP contribution in [0, 0.1) is 0 Å². The Labute approximate surface area is 252 Å². The Morgan fingerprint density at radius 3 is 1.81 bits per heavy atom. The topological polar surface area (TPSA) is 198 Å². The van der Waals surface area contributed by atoms with Crippen LogP contribution in [0.2, 0.25) is 10.0 Å². The third-order valence-corrected chi connectivity index (χ3v) is 5.81. The van der Waals surface area contributed by atoms with Crippen molar-refractivity contribution in [2.75, 3.05) is 48.2 Å². The number of anilines is 4. The summed E-state index contributed by atoms with van der Waals surface area (Å²) in [5.41, 5.74) is 10.6. The van der Waals surface area contributed by atoms with E-state index < -0.39 is 5.54 Å². The second kappa shape index (κ2) is 15.2. The van der Waals surface area contributed by atoms with Crippen molar-refractivity contribution in [3.63, 3.8) is 0 Å². The average Bonchev–Trinajstić information content (AvgIpc) is 2.96. The molecule has 2 aromatic heterocycles. The number of aliphatic hydroxyl groups excluding tert-OH is 3. The molecule has 4 aromatic rings. The number of benzene rings is 2. The molecule has 0 radical (unpaired) electrons. The zero-order chi connectivity index (χ0) is 30.7. The second-order valence-corrected chi connectivity index (χ2v) is 10.1. The van der Waals surface area contributed by atoms with E-state index in [1.807, 2.05) is 13.8 Å². The summed E-state index contributed by atoms with van der Waals surface area (Å²) in [6, 6.07) is 13.7. The minimum Gasteiger partial charge on any atom is -0.452 e. The van der Waals surface area contributed by atoms with Crippen molar-refractivity contribution in [3.05, 3.63) is 71.0 Å². The van der Waals surface area contributed by atoms with Crippen LogP contribution < -0.4 is 31.2 Å². The van der Waals surface area contributed by atoms with E-state index in [9.17, 15) is 10.2 Å². The monoisotopic (exact) mass is 618 g/mol. The van der Waals surface area contributed by atoms with Crippen molar-refractivity contribution in [3.8, 4) is 23.0 Å². The fraction of sp³-hybridized carbons (Fsp3) is 0.259. The van der Waals surface area contributed by atoms with Crippen LogP contribution in [0.25, 0.3) is 0 Å². The van der Waals surface area contributed by atoms with E-state index in [-0.39, 0.29) is 38.4 Å². The van der Waals surface area contributed by atoms with Crippen LogP contribution in [0.15, 0.2) is 60.9 Å². The lowest BCUT2D eigenvalue weighted by Gasteiger charge is -2.25. The number of aromatic nitrogens is 4. The maximum absolute atomic E-state index is 9.37. The number of hydrogen-bond donors (Lipinski definition) is 6. The van der Waals surface area contributed by atoms with Crippen molar-refractivity contribution in [2.24, 2.45) is 0 Å². The van der Waals surface area contributed by atoms with Gasteiger partial charge in [-0.1, -0.05) is 23.2 Å². The van der Waals surface area contributed by atoms with Crippen LogP contribution in [0.1, 0.15) is 13.8 Å². The molecule has 42 heavy (non-hydrogen) atoms. The Morgan fingerprint density at radius 1 is 0.810 bits per heavy atom. The molecule has 0 fully saturated rings. The van der Waals surface area contributed by atoms with Gasteiger partial charge in [0, 0.05) is 16.6 Å². The molecule has 0 spiro atoms. The van der Waals surface area contributed by atoms with E-state index in [1.165, 1.54) is 17.3 Å². The number of halogens is 2. The molecule has 0 saturated carbocycles. The molecule has 0 atom stereocenters. The van der Waals surface area contributed by atoms with E-state index in [2.05, 4.69) is 25.3 Å². The number of nitrogen functional groups attached to an aromatic ring is 2. The normalized spacial score (nSPS) is 10.8. The molecular weight excluding hydrogens is 587 g/mol.